The molecule has 0 unspecified atom stereocenters. The van der Waals surface area contributed by atoms with Gasteiger partial charge in [-0.15, -0.1) is 0 Å². The summed E-state index contributed by atoms with van der Waals surface area (Å²) in [7, 11) is 1.64. The maximum atomic E-state index is 12.5. The second kappa shape index (κ2) is 6.17. The smallest absolute Gasteiger partial charge is 0.391 e. The van der Waals surface area contributed by atoms with E-state index in [0.717, 1.165) is 37.4 Å². The van der Waals surface area contributed by atoms with Gasteiger partial charge in [-0.05, 0) is 32.8 Å². The Morgan fingerprint density at radius 3 is 2.58 bits per heavy atom. The zero-order valence-electron chi connectivity index (χ0n) is 11.9. The van der Waals surface area contributed by atoms with Gasteiger partial charge in [0.1, 0.15) is 5.75 Å². The van der Waals surface area contributed by atoms with Gasteiger partial charge in [-0.3, -0.25) is 0 Å². The van der Waals surface area contributed by atoms with E-state index in [1.165, 1.54) is 0 Å². The van der Waals surface area contributed by atoms with E-state index in [2.05, 4.69) is 5.01 Å². The first-order valence-corrected chi connectivity index (χ1v) is 6.86. The average Bonchev–Trinajstić information content (AvgIpc) is 2.93. The summed E-state index contributed by atoms with van der Waals surface area (Å²) >= 11 is 0. The molecule has 0 N–H and O–H groups in total. The molecule has 1 aliphatic heterocycles. The number of amides is 1. The maximum absolute atomic E-state index is 12.5. The van der Waals surface area contributed by atoms with Crippen LogP contribution in [0.1, 0.15) is 26.7 Å². The lowest BCUT2D eigenvalue weighted by Crippen LogP contribution is -2.48. The molecule has 0 spiro atoms. The van der Waals surface area contributed by atoms with Crippen molar-refractivity contribution in [3.8, 4) is 5.75 Å². The van der Waals surface area contributed by atoms with Crippen molar-refractivity contribution in [3.05, 3.63) is 24.3 Å². The summed E-state index contributed by atoms with van der Waals surface area (Å²) in [6.45, 7) is 5.75. The van der Waals surface area contributed by atoms with Crippen LogP contribution in [-0.4, -0.2) is 31.1 Å². The Labute approximate surface area is 114 Å². The molecule has 1 radical (unpaired) electrons. The van der Waals surface area contributed by atoms with Crippen molar-refractivity contribution in [2.75, 3.05) is 20.2 Å². The molecule has 0 atom stereocenters. The van der Waals surface area contributed by atoms with Gasteiger partial charge in [0, 0.05) is 17.1 Å². The number of carbonyl (C=O) groups excluding carboxylic acids is 1. The van der Waals surface area contributed by atoms with Gasteiger partial charge in [-0.25, -0.2) is 4.79 Å². The van der Waals surface area contributed by atoms with E-state index in [-0.39, 0.29) is 11.8 Å². The number of rotatable bonds is 4. The van der Waals surface area contributed by atoms with E-state index in [1.54, 1.807) is 7.11 Å². The van der Waals surface area contributed by atoms with Crippen LogP contribution in [-0.2, 0) is 4.79 Å². The largest absolute Gasteiger partial charge is 0.497 e. The van der Waals surface area contributed by atoms with Gasteiger partial charge in [0.2, 0.25) is 5.69 Å². The summed E-state index contributed by atoms with van der Waals surface area (Å²) in [6.07, 6.45) is 2.29. The molecule has 1 fully saturated rings. The molecule has 1 heterocycles. The zero-order valence-corrected chi connectivity index (χ0v) is 11.9. The highest BCUT2D eigenvalue weighted by Gasteiger charge is 2.40. The van der Waals surface area contributed by atoms with E-state index < -0.39 is 0 Å². The third-order valence-electron chi connectivity index (χ3n) is 3.37. The molecule has 1 aliphatic rings. The molecule has 0 aromatic heterocycles. The maximum Gasteiger partial charge on any atom is 0.391 e. The Kier molecular flexibility index (Phi) is 4.56. The number of anilines is 1. The summed E-state index contributed by atoms with van der Waals surface area (Å²) in [4.78, 5) is 12.5. The van der Waals surface area contributed by atoms with Gasteiger partial charge >= 0.3 is 5.91 Å². The Hall–Kier alpha value is -1.39. The number of benzene rings is 1. The van der Waals surface area contributed by atoms with Gasteiger partial charge in [-0.1, -0.05) is 11.1 Å². The number of hydrogen-bond acceptors (Lipinski definition) is 3. The second-order valence-electron chi connectivity index (χ2n) is 5.17. The highest BCUT2D eigenvalue weighted by Crippen LogP contribution is 2.25. The monoisotopic (exact) mass is 262 g/mol. The quantitative estimate of drug-likeness (QED) is 0.783. The van der Waals surface area contributed by atoms with Crippen LogP contribution in [0.25, 0.3) is 0 Å². The first-order valence-electron chi connectivity index (χ1n) is 6.86. The van der Waals surface area contributed by atoms with Crippen LogP contribution >= 0.6 is 0 Å². The molecule has 19 heavy (non-hydrogen) atoms. The van der Waals surface area contributed by atoms with E-state index in [9.17, 15) is 4.79 Å². The molecule has 4 nitrogen and oxygen atoms in total. The predicted molar refractivity (Wildman–Crippen MR) is 75.4 cm³/mol. The minimum atomic E-state index is -0.0215. The topological polar surface area (TPSA) is 35.4 Å². The van der Waals surface area contributed by atoms with Crippen molar-refractivity contribution in [1.29, 1.82) is 0 Å². The standard InChI is InChI=1S/C15H22N2O2/c1-12(2)15(18)17(16-9-4-5-10-16)13-7-6-8-14(11-13)19-3/h6-8,11-12H,4-5,9-10H2,1-3H3/q+1. The lowest BCUT2D eigenvalue weighted by Gasteiger charge is -2.18. The molecule has 0 aliphatic carbocycles. The first-order chi connectivity index (χ1) is 9.13. The van der Waals surface area contributed by atoms with Crippen LogP contribution in [0.3, 0.4) is 0 Å². The number of hydrogen-bond donors (Lipinski definition) is 0. The summed E-state index contributed by atoms with van der Waals surface area (Å²) in [5, 5.41) is 3.96. The Morgan fingerprint density at radius 2 is 2.00 bits per heavy atom. The van der Waals surface area contributed by atoms with Crippen LogP contribution in [0.2, 0.25) is 0 Å². The van der Waals surface area contributed by atoms with Crippen molar-refractivity contribution in [2.24, 2.45) is 5.92 Å². The Morgan fingerprint density at radius 1 is 1.32 bits per heavy atom. The van der Waals surface area contributed by atoms with Gasteiger partial charge in [-0.2, -0.15) is 0 Å². The van der Waals surface area contributed by atoms with E-state index in [1.807, 2.05) is 43.1 Å². The lowest BCUT2D eigenvalue weighted by molar-refractivity contribution is -0.134. The van der Waals surface area contributed by atoms with Crippen LogP contribution in [0.4, 0.5) is 5.69 Å². The third kappa shape index (κ3) is 3.14. The fourth-order valence-corrected chi connectivity index (χ4v) is 2.32. The number of hydrazine groups is 1. The summed E-state index contributed by atoms with van der Waals surface area (Å²) in [5.41, 5.74) is 0.889. The molecule has 1 aromatic carbocycles. The van der Waals surface area contributed by atoms with E-state index >= 15 is 0 Å². The predicted octanol–water partition coefficient (Wildman–Crippen LogP) is 2.66. The number of methoxy groups -OCH3 is 1. The van der Waals surface area contributed by atoms with Gasteiger partial charge in [0.25, 0.3) is 0 Å². The Balaban J connectivity index is 2.32. The molecule has 4 heteroatoms. The fourth-order valence-electron chi connectivity index (χ4n) is 2.32. The van der Waals surface area contributed by atoms with Crippen molar-refractivity contribution < 1.29 is 9.53 Å². The van der Waals surface area contributed by atoms with Crippen molar-refractivity contribution in [1.82, 2.24) is 10.0 Å². The van der Waals surface area contributed by atoms with Gasteiger partial charge in [0.15, 0.2) is 0 Å². The minimum absolute atomic E-state index is 0.0215. The van der Waals surface area contributed by atoms with Crippen molar-refractivity contribution in [2.45, 2.75) is 26.7 Å². The molecule has 103 valence electrons. The molecule has 0 bridgehead atoms. The fraction of sp³-hybridized carbons (Fsp3) is 0.533. The summed E-state index contributed by atoms with van der Waals surface area (Å²) in [5.74, 6) is 0.889. The molecular weight excluding hydrogens is 240 g/mol. The zero-order chi connectivity index (χ0) is 13.8. The van der Waals surface area contributed by atoms with Crippen LogP contribution in [0, 0.1) is 5.92 Å². The first kappa shape index (κ1) is 14.0. The van der Waals surface area contributed by atoms with Crippen LogP contribution in [0.15, 0.2) is 24.3 Å². The average molecular weight is 262 g/mol. The second-order valence-corrected chi connectivity index (χ2v) is 5.17. The normalized spacial score (nSPS) is 16.3. The third-order valence-corrected chi connectivity index (χ3v) is 3.37. The van der Waals surface area contributed by atoms with Crippen molar-refractivity contribution >= 4 is 11.6 Å². The number of carbonyl (C=O) groups is 1. The minimum Gasteiger partial charge on any atom is -0.497 e. The van der Waals surface area contributed by atoms with Crippen molar-refractivity contribution in [3.63, 3.8) is 0 Å². The molecule has 1 saturated heterocycles. The molecule has 1 aromatic rings. The summed E-state index contributed by atoms with van der Waals surface area (Å²) < 4.78 is 5.25. The lowest BCUT2D eigenvalue weighted by atomic mass is 10.2. The highest BCUT2D eigenvalue weighted by molar-refractivity contribution is 5.85. The van der Waals surface area contributed by atoms with E-state index in [4.69, 9.17) is 4.74 Å². The SMILES string of the molecule is COc1cccc([N+](C(=O)C(C)C)N2CCCC2)c1. The Bertz CT molecular complexity index is 440. The number of ether oxygens (including phenoxy) is 1. The molecule has 0 saturated carbocycles. The molecular formula is C15H22N2O2+. The summed E-state index contributed by atoms with van der Waals surface area (Å²) in [6, 6.07) is 7.69. The van der Waals surface area contributed by atoms with Crippen LogP contribution in [0.5, 0.6) is 5.75 Å². The highest BCUT2D eigenvalue weighted by atomic mass is 16.5. The molecule has 1 amide bonds. The van der Waals surface area contributed by atoms with Gasteiger partial charge < -0.3 is 4.74 Å². The molecule has 2 rings (SSSR count). The van der Waals surface area contributed by atoms with E-state index in [0.29, 0.717) is 0 Å². The van der Waals surface area contributed by atoms with Crippen LogP contribution < -0.4 is 9.75 Å². The van der Waals surface area contributed by atoms with Gasteiger partial charge in [0.05, 0.1) is 26.1 Å². The number of nitrogens with zero attached hydrogens (tertiary/aromatic N) is 2.